The van der Waals surface area contributed by atoms with Crippen molar-refractivity contribution in [1.29, 1.82) is 0 Å². The number of benzene rings is 1. The molecule has 86 valence electrons. The van der Waals surface area contributed by atoms with Crippen LogP contribution in [0.1, 0.15) is 0 Å². The Labute approximate surface area is 122 Å². The predicted octanol–water partition coefficient (Wildman–Crippen LogP) is 4.71. The van der Waals surface area contributed by atoms with Crippen LogP contribution in [-0.2, 0) is 0 Å². The number of nitrogens with zero attached hydrogens (tertiary/aromatic N) is 1. The summed E-state index contributed by atoms with van der Waals surface area (Å²) in [5.74, 6) is 0.193. The van der Waals surface area contributed by atoms with Crippen LogP contribution in [0.15, 0.2) is 31.7 Å². The predicted molar refractivity (Wildman–Crippen MR) is 78.4 cm³/mol. The smallest absolute Gasteiger partial charge is 0.144 e. The summed E-state index contributed by atoms with van der Waals surface area (Å²) >= 11 is 10.1. The van der Waals surface area contributed by atoms with E-state index < -0.39 is 0 Å². The number of hydrogen-bond acceptors (Lipinski definition) is 2. The minimum atomic E-state index is 0.193. The molecule has 0 aliphatic carbocycles. The number of rotatable bonds is 0. The zero-order valence-corrected chi connectivity index (χ0v) is 13.0. The second-order valence-corrected chi connectivity index (χ2v) is 6.18. The van der Waals surface area contributed by atoms with Gasteiger partial charge in [0.15, 0.2) is 0 Å². The van der Waals surface area contributed by atoms with E-state index >= 15 is 0 Å². The van der Waals surface area contributed by atoms with Crippen molar-refractivity contribution in [2.75, 3.05) is 0 Å². The number of phenolic OH excluding ortho intramolecular Hbond substituents is 1. The number of phenols is 1. The molecule has 0 bridgehead atoms. The minimum Gasteiger partial charge on any atom is -0.506 e. The molecule has 0 saturated heterocycles. The number of halogens is 3. The number of H-pyrrole nitrogens is 1. The van der Waals surface area contributed by atoms with Crippen molar-refractivity contribution in [1.82, 2.24) is 9.97 Å². The first-order chi connectivity index (χ1) is 8.08. The molecule has 3 rings (SSSR count). The second kappa shape index (κ2) is 3.96. The molecule has 0 radical (unpaired) electrons. The van der Waals surface area contributed by atoms with Crippen LogP contribution in [0.3, 0.4) is 0 Å². The van der Waals surface area contributed by atoms with Crippen LogP contribution in [0, 0.1) is 0 Å². The minimum absolute atomic E-state index is 0.193. The summed E-state index contributed by atoms with van der Waals surface area (Å²) in [6.45, 7) is 0. The van der Waals surface area contributed by atoms with E-state index in [0.29, 0.717) is 8.95 Å². The number of aromatic nitrogens is 2. The topological polar surface area (TPSA) is 48.9 Å². The van der Waals surface area contributed by atoms with Gasteiger partial charge in [-0.15, -0.1) is 0 Å². The van der Waals surface area contributed by atoms with Crippen molar-refractivity contribution in [3.05, 3.63) is 31.7 Å². The zero-order chi connectivity index (χ0) is 12.2. The van der Waals surface area contributed by atoms with Crippen molar-refractivity contribution in [2.45, 2.75) is 0 Å². The van der Waals surface area contributed by atoms with Gasteiger partial charge in [-0.25, -0.2) is 4.98 Å². The molecule has 2 aromatic heterocycles. The van der Waals surface area contributed by atoms with E-state index in [2.05, 4.69) is 57.8 Å². The largest absolute Gasteiger partial charge is 0.506 e. The Kier molecular flexibility index (Phi) is 2.68. The Morgan fingerprint density at radius 1 is 1.18 bits per heavy atom. The number of hydrogen-bond donors (Lipinski definition) is 2. The van der Waals surface area contributed by atoms with Gasteiger partial charge in [0.2, 0.25) is 0 Å². The molecule has 0 amide bonds. The van der Waals surface area contributed by atoms with E-state index in [0.717, 1.165) is 26.4 Å². The molecule has 2 heterocycles. The first-order valence-corrected chi connectivity index (χ1v) is 7.09. The van der Waals surface area contributed by atoms with Gasteiger partial charge in [-0.2, -0.15) is 0 Å². The maximum absolute atomic E-state index is 9.91. The van der Waals surface area contributed by atoms with E-state index in [1.54, 1.807) is 6.20 Å². The highest BCUT2D eigenvalue weighted by Crippen LogP contribution is 2.41. The normalized spacial score (nSPS) is 11.5. The van der Waals surface area contributed by atoms with E-state index in [1.165, 1.54) is 0 Å². The molecule has 3 aromatic rings. The Morgan fingerprint density at radius 3 is 2.71 bits per heavy atom. The van der Waals surface area contributed by atoms with Gasteiger partial charge in [-0.1, -0.05) is 0 Å². The zero-order valence-electron chi connectivity index (χ0n) is 8.26. The summed E-state index contributed by atoms with van der Waals surface area (Å²) in [7, 11) is 0. The number of aromatic hydroxyl groups is 1. The molecule has 0 aliphatic heterocycles. The Morgan fingerprint density at radius 2 is 1.94 bits per heavy atom. The highest BCUT2D eigenvalue weighted by Gasteiger charge is 2.14. The summed E-state index contributed by atoms with van der Waals surface area (Å²) in [6, 6.07) is 3.81. The average molecular weight is 421 g/mol. The standard InChI is InChI=1S/C11H5Br3N2O/c12-4-1-5-8-7(16-11(5)15-3-4)2-6(13)10(17)9(8)14/h1-3,17H,(H,15,16). The van der Waals surface area contributed by atoms with Crippen molar-refractivity contribution < 1.29 is 5.11 Å². The van der Waals surface area contributed by atoms with Crippen LogP contribution >= 0.6 is 47.8 Å². The second-order valence-electron chi connectivity index (χ2n) is 3.62. The first-order valence-electron chi connectivity index (χ1n) is 4.72. The van der Waals surface area contributed by atoms with E-state index in [1.807, 2.05) is 12.1 Å². The average Bonchev–Trinajstić information content (AvgIpc) is 2.63. The fourth-order valence-corrected chi connectivity index (χ4v) is 3.49. The fraction of sp³-hybridized carbons (Fsp3) is 0. The monoisotopic (exact) mass is 418 g/mol. The van der Waals surface area contributed by atoms with Gasteiger partial charge in [0.1, 0.15) is 11.4 Å². The third-order valence-electron chi connectivity index (χ3n) is 2.57. The van der Waals surface area contributed by atoms with Crippen molar-refractivity contribution in [3.8, 4) is 5.75 Å². The lowest BCUT2D eigenvalue weighted by atomic mass is 10.2. The Balaban J connectivity index is 2.59. The summed E-state index contributed by atoms with van der Waals surface area (Å²) in [5.41, 5.74) is 1.71. The number of pyridine rings is 1. The molecule has 0 atom stereocenters. The van der Waals surface area contributed by atoms with Gasteiger partial charge >= 0.3 is 0 Å². The lowest BCUT2D eigenvalue weighted by Crippen LogP contribution is -1.76. The van der Waals surface area contributed by atoms with Crippen LogP contribution in [0.4, 0.5) is 0 Å². The van der Waals surface area contributed by atoms with Crippen molar-refractivity contribution >= 4 is 69.7 Å². The van der Waals surface area contributed by atoms with Gasteiger partial charge in [-0.3, -0.25) is 0 Å². The van der Waals surface area contributed by atoms with Gasteiger partial charge < -0.3 is 10.1 Å². The van der Waals surface area contributed by atoms with E-state index in [4.69, 9.17) is 0 Å². The number of nitrogens with one attached hydrogen (secondary N) is 1. The summed E-state index contributed by atoms with van der Waals surface area (Å²) in [5, 5.41) is 11.8. The number of fused-ring (bicyclic) bond motifs is 3. The molecule has 0 aliphatic rings. The molecule has 2 N–H and O–H groups in total. The SMILES string of the molecule is Oc1c(Br)cc2[nH]c3ncc(Br)cc3c2c1Br. The molecule has 3 nitrogen and oxygen atoms in total. The Hall–Kier alpha value is -0.590. The van der Waals surface area contributed by atoms with Crippen molar-refractivity contribution in [2.24, 2.45) is 0 Å². The molecule has 17 heavy (non-hydrogen) atoms. The third kappa shape index (κ3) is 1.70. The van der Waals surface area contributed by atoms with Crippen LogP contribution in [0.5, 0.6) is 5.75 Å². The van der Waals surface area contributed by atoms with E-state index in [-0.39, 0.29) is 5.75 Å². The molecule has 0 fully saturated rings. The van der Waals surface area contributed by atoms with Gasteiger partial charge in [0.25, 0.3) is 0 Å². The summed E-state index contributed by atoms with van der Waals surface area (Å²) in [4.78, 5) is 7.51. The maximum Gasteiger partial charge on any atom is 0.144 e. The molecule has 0 spiro atoms. The molecule has 0 saturated carbocycles. The molecule has 0 unspecified atom stereocenters. The van der Waals surface area contributed by atoms with Gasteiger partial charge in [0, 0.05) is 21.4 Å². The maximum atomic E-state index is 9.91. The molecular formula is C11H5Br3N2O. The lowest BCUT2D eigenvalue weighted by molar-refractivity contribution is 0.469. The quantitative estimate of drug-likeness (QED) is 0.553. The number of aromatic amines is 1. The fourth-order valence-electron chi connectivity index (χ4n) is 1.83. The van der Waals surface area contributed by atoms with Crippen LogP contribution in [0.25, 0.3) is 21.9 Å². The van der Waals surface area contributed by atoms with Gasteiger partial charge in [0.05, 0.1) is 14.5 Å². The molecule has 1 aromatic carbocycles. The molecule has 6 heteroatoms. The Bertz CT molecular complexity index is 751. The summed E-state index contributed by atoms with van der Waals surface area (Å²) < 4.78 is 2.20. The highest BCUT2D eigenvalue weighted by atomic mass is 79.9. The van der Waals surface area contributed by atoms with Crippen LogP contribution in [-0.4, -0.2) is 15.1 Å². The van der Waals surface area contributed by atoms with Gasteiger partial charge in [-0.05, 0) is 59.9 Å². The summed E-state index contributed by atoms with van der Waals surface area (Å²) in [6.07, 6.45) is 1.74. The highest BCUT2D eigenvalue weighted by molar-refractivity contribution is 9.11. The van der Waals surface area contributed by atoms with Crippen molar-refractivity contribution in [3.63, 3.8) is 0 Å². The van der Waals surface area contributed by atoms with E-state index in [9.17, 15) is 5.11 Å². The first kappa shape index (κ1) is 11.5. The third-order valence-corrected chi connectivity index (χ3v) is 4.38. The molecular weight excluding hydrogens is 416 g/mol. The lowest BCUT2D eigenvalue weighted by Gasteiger charge is -2.02. The van der Waals surface area contributed by atoms with Crippen LogP contribution in [0.2, 0.25) is 0 Å². The van der Waals surface area contributed by atoms with Crippen LogP contribution < -0.4 is 0 Å².